The van der Waals surface area contributed by atoms with E-state index in [9.17, 15) is 14.4 Å². The number of amides is 2. The summed E-state index contributed by atoms with van der Waals surface area (Å²) in [5.74, 6) is -1.10. The van der Waals surface area contributed by atoms with Crippen molar-refractivity contribution in [2.45, 2.75) is 56.4 Å². The van der Waals surface area contributed by atoms with Crippen LogP contribution in [0.5, 0.6) is 0 Å². The van der Waals surface area contributed by atoms with Crippen molar-refractivity contribution in [1.82, 2.24) is 10.6 Å². The molecule has 0 atom stereocenters. The van der Waals surface area contributed by atoms with Crippen LogP contribution in [-0.4, -0.2) is 41.8 Å². The highest BCUT2D eigenvalue weighted by Crippen LogP contribution is 2.44. The van der Waals surface area contributed by atoms with Gasteiger partial charge in [-0.25, -0.2) is 4.79 Å². The molecule has 0 spiro atoms. The molecule has 0 aliphatic heterocycles. The highest BCUT2D eigenvalue weighted by molar-refractivity contribution is 5.90. The molecular weight excluding hydrogens is 420 g/mol. The first kappa shape index (κ1) is 22.8. The van der Waals surface area contributed by atoms with Crippen molar-refractivity contribution >= 4 is 18.0 Å². The van der Waals surface area contributed by atoms with E-state index < -0.39 is 17.6 Å². The van der Waals surface area contributed by atoms with Gasteiger partial charge in [-0.1, -0.05) is 61.4 Å². The third-order valence-electron chi connectivity index (χ3n) is 6.68. The Bertz CT molecular complexity index is 983. The van der Waals surface area contributed by atoms with Crippen LogP contribution >= 0.6 is 0 Å². The van der Waals surface area contributed by atoms with Crippen LogP contribution < -0.4 is 10.6 Å². The topological polar surface area (TPSA) is 105 Å². The number of hydrogen-bond acceptors (Lipinski definition) is 4. The minimum atomic E-state index is -0.963. The third kappa shape index (κ3) is 5.02. The van der Waals surface area contributed by atoms with Gasteiger partial charge in [0.25, 0.3) is 0 Å². The molecule has 4 rings (SSSR count). The Morgan fingerprint density at radius 1 is 0.939 bits per heavy atom. The molecule has 2 aliphatic rings. The Labute approximate surface area is 193 Å². The summed E-state index contributed by atoms with van der Waals surface area (Å²) in [6.07, 6.45) is 3.43. The molecule has 7 nitrogen and oxygen atoms in total. The van der Waals surface area contributed by atoms with Gasteiger partial charge in [0.05, 0.1) is 0 Å². The smallest absolute Gasteiger partial charge is 0.408 e. The quantitative estimate of drug-likeness (QED) is 0.497. The highest BCUT2D eigenvalue weighted by atomic mass is 16.5. The lowest BCUT2D eigenvalue weighted by Crippen LogP contribution is -2.57. The number of carbonyl (C=O) groups is 3. The fourth-order valence-corrected chi connectivity index (χ4v) is 4.99. The lowest BCUT2D eigenvalue weighted by atomic mass is 9.96. The Morgan fingerprint density at radius 3 is 2.15 bits per heavy atom. The number of carboxylic acid groups (broad SMARTS) is 1. The van der Waals surface area contributed by atoms with Gasteiger partial charge in [-0.15, -0.1) is 0 Å². The molecule has 0 aromatic heterocycles. The number of fused-ring (bicyclic) bond motifs is 3. The van der Waals surface area contributed by atoms with Gasteiger partial charge in [-0.05, 0) is 47.9 Å². The predicted octanol–water partition coefficient (Wildman–Crippen LogP) is 4.21. The van der Waals surface area contributed by atoms with Crippen molar-refractivity contribution in [2.75, 3.05) is 13.2 Å². The molecular formula is C26H30N2O5. The van der Waals surface area contributed by atoms with Gasteiger partial charge < -0.3 is 20.5 Å². The second kappa shape index (κ2) is 10.1. The van der Waals surface area contributed by atoms with E-state index in [1.54, 1.807) is 0 Å². The van der Waals surface area contributed by atoms with Crippen LogP contribution in [0, 0.1) is 0 Å². The Morgan fingerprint density at radius 2 is 1.55 bits per heavy atom. The molecule has 33 heavy (non-hydrogen) atoms. The van der Waals surface area contributed by atoms with Crippen LogP contribution in [0.1, 0.15) is 62.0 Å². The first-order valence-corrected chi connectivity index (χ1v) is 11.6. The molecule has 7 heteroatoms. The number of unbranched alkanes of at least 4 members (excludes halogenated alkanes) is 1. The van der Waals surface area contributed by atoms with E-state index in [0.29, 0.717) is 32.2 Å². The van der Waals surface area contributed by atoms with E-state index in [4.69, 9.17) is 9.84 Å². The minimum absolute atomic E-state index is 0.0364. The number of hydrogen-bond donors (Lipinski definition) is 3. The molecule has 174 valence electrons. The summed E-state index contributed by atoms with van der Waals surface area (Å²) in [7, 11) is 0. The summed E-state index contributed by atoms with van der Waals surface area (Å²) < 4.78 is 5.65. The average Bonchev–Trinajstić information content (AvgIpc) is 3.41. The molecule has 0 bridgehead atoms. The molecule has 0 heterocycles. The van der Waals surface area contributed by atoms with E-state index in [1.165, 1.54) is 0 Å². The molecule has 0 radical (unpaired) electrons. The Balaban J connectivity index is 1.35. The Kier molecular flexibility index (Phi) is 6.96. The molecule has 3 N–H and O–H groups in total. The van der Waals surface area contributed by atoms with Crippen LogP contribution in [0.15, 0.2) is 48.5 Å². The molecule has 1 fully saturated rings. The summed E-state index contributed by atoms with van der Waals surface area (Å²) >= 11 is 0. The van der Waals surface area contributed by atoms with E-state index in [-0.39, 0.29) is 24.9 Å². The summed E-state index contributed by atoms with van der Waals surface area (Å²) in [6, 6.07) is 16.3. The summed E-state index contributed by atoms with van der Waals surface area (Å²) in [5.41, 5.74) is 3.64. The van der Waals surface area contributed by atoms with E-state index in [0.717, 1.165) is 35.1 Å². The first-order valence-electron chi connectivity index (χ1n) is 11.6. The fraction of sp³-hybridized carbons (Fsp3) is 0.423. The zero-order chi connectivity index (χ0) is 23.3. The maximum absolute atomic E-state index is 12.9. The van der Waals surface area contributed by atoms with Crippen molar-refractivity contribution in [3.63, 3.8) is 0 Å². The lowest BCUT2D eigenvalue weighted by molar-refractivity contribution is -0.137. The van der Waals surface area contributed by atoms with Gasteiger partial charge in [-0.3, -0.25) is 9.59 Å². The van der Waals surface area contributed by atoms with Gasteiger partial charge >= 0.3 is 12.1 Å². The number of carbonyl (C=O) groups excluding carboxylic acids is 2. The lowest BCUT2D eigenvalue weighted by Gasteiger charge is -2.29. The zero-order valence-corrected chi connectivity index (χ0v) is 18.6. The third-order valence-corrected chi connectivity index (χ3v) is 6.68. The summed E-state index contributed by atoms with van der Waals surface area (Å²) in [4.78, 5) is 36.3. The van der Waals surface area contributed by atoms with Crippen molar-refractivity contribution in [1.29, 1.82) is 0 Å². The fourth-order valence-electron chi connectivity index (χ4n) is 4.99. The van der Waals surface area contributed by atoms with Gasteiger partial charge in [0.2, 0.25) is 5.91 Å². The maximum Gasteiger partial charge on any atom is 0.408 e. The van der Waals surface area contributed by atoms with Crippen LogP contribution in [-0.2, 0) is 14.3 Å². The van der Waals surface area contributed by atoms with Crippen molar-refractivity contribution in [2.24, 2.45) is 0 Å². The second-order valence-electron chi connectivity index (χ2n) is 8.85. The van der Waals surface area contributed by atoms with E-state index >= 15 is 0 Å². The molecule has 2 amide bonds. The van der Waals surface area contributed by atoms with Gasteiger partial charge in [0, 0.05) is 18.9 Å². The predicted molar refractivity (Wildman–Crippen MR) is 124 cm³/mol. The zero-order valence-electron chi connectivity index (χ0n) is 18.6. The second-order valence-corrected chi connectivity index (χ2v) is 8.85. The average molecular weight is 451 g/mol. The summed E-state index contributed by atoms with van der Waals surface area (Å²) in [6.45, 7) is 0.590. The van der Waals surface area contributed by atoms with E-state index in [1.807, 2.05) is 24.3 Å². The van der Waals surface area contributed by atoms with Crippen LogP contribution in [0.2, 0.25) is 0 Å². The van der Waals surface area contributed by atoms with E-state index in [2.05, 4.69) is 34.9 Å². The number of benzene rings is 2. The molecule has 2 aliphatic carbocycles. The first-order chi connectivity index (χ1) is 16.0. The van der Waals surface area contributed by atoms with Gasteiger partial charge in [0.15, 0.2) is 0 Å². The number of nitrogens with one attached hydrogen (secondary N) is 2. The number of alkyl carbamates (subject to hydrolysis) is 1. The van der Waals surface area contributed by atoms with Crippen molar-refractivity contribution < 1.29 is 24.2 Å². The van der Waals surface area contributed by atoms with Gasteiger partial charge in [-0.2, -0.15) is 0 Å². The van der Waals surface area contributed by atoms with Crippen LogP contribution in [0.3, 0.4) is 0 Å². The molecule has 2 aromatic carbocycles. The Hall–Kier alpha value is -3.35. The number of rotatable bonds is 9. The largest absolute Gasteiger partial charge is 0.481 e. The minimum Gasteiger partial charge on any atom is -0.481 e. The standard InChI is InChI=1S/C26H30N2O5/c29-23(30)13-5-8-16-27-24(31)26(14-6-7-15-26)28-25(32)33-17-22-20-11-3-1-9-18(20)19-10-2-4-12-21(19)22/h1-4,9-12,22H,5-8,13-17H2,(H,27,31)(H,28,32)(H,29,30). The van der Waals surface area contributed by atoms with Crippen molar-refractivity contribution in [3.8, 4) is 11.1 Å². The highest BCUT2D eigenvalue weighted by Gasteiger charge is 2.43. The van der Waals surface area contributed by atoms with Crippen LogP contribution in [0.4, 0.5) is 4.79 Å². The number of carboxylic acids is 1. The van der Waals surface area contributed by atoms with Crippen LogP contribution in [0.25, 0.3) is 11.1 Å². The SMILES string of the molecule is O=C(O)CCCCNC(=O)C1(NC(=O)OCC2c3ccccc3-c3ccccc32)CCCC1. The summed E-state index contributed by atoms with van der Waals surface area (Å²) in [5, 5.41) is 14.4. The maximum atomic E-state index is 12.9. The number of ether oxygens (including phenoxy) is 1. The number of aliphatic carboxylic acids is 1. The molecule has 1 saturated carbocycles. The molecule has 0 unspecified atom stereocenters. The van der Waals surface area contributed by atoms with Gasteiger partial charge in [0.1, 0.15) is 12.1 Å². The monoisotopic (exact) mass is 450 g/mol. The molecule has 0 saturated heterocycles. The molecule has 2 aromatic rings. The normalized spacial score (nSPS) is 16.0. The van der Waals surface area contributed by atoms with Crippen molar-refractivity contribution in [3.05, 3.63) is 59.7 Å².